The number of halogens is 1. The van der Waals surface area contributed by atoms with E-state index >= 15 is 0 Å². The lowest BCUT2D eigenvalue weighted by atomic mass is 9.76. The fourth-order valence-electron chi connectivity index (χ4n) is 3.00. The van der Waals surface area contributed by atoms with Crippen molar-refractivity contribution in [2.24, 2.45) is 17.6 Å². The highest BCUT2D eigenvalue weighted by molar-refractivity contribution is 9.10. The molecule has 2 unspecified atom stereocenters. The lowest BCUT2D eigenvalue weighted by molar-refractivity contribution is 0.0817. The molecule has 2 atom stereocenters. The molecule has 0 aliphatic heterocycles. The predicted octanol–water partition coefficient (Wildman–Crippen LogP) is 3.00. The van der Waals surface area contributed by atoms with Crippen LogP contribution in [0.15, 0.2) is 10.7 Å². The standard InChI is InChI=1S/C14H22BrN3O/c1-2-7-18-13(12(15)9-17-18)14(19)11-6-4-3-5-10(11)8-16/h9-11H,2-8,16H2,1H3. The average molecular weight is 328 g/mol. The Bertz CT molecular complexity index is 444. The summed E-state index contributed by atoms with van der Waals surface area (Å²) < 4.78 is 2.64. The number of nitrogens with two attached hydrogens (primary N) is 1. The van der Waals surface area contributed by atoms with Crippen molar-refractivity contribution in [1.82, 2.24) is 9.78 Å². The van der Waals surface area contributed by atoms with E-state index in [0.717, 1.165) is 42.4 Å². The third kappa shape index (κ3) is 3.08. The summed E-state index contributed by atoms with van der Waals surface area (Å²) in [7, 11) is 0. The quantitative estimate of drug-likeness (QED) is 0.845. The lowest BCUT2D eigenvalue weighted by Gasteiger charge is -2.29. The van der Waals surface area contributed by atoms with Crippen molar-refractivity contribution in [3.05, 3.63) is 16.4 Å². The topological polar surface area (TPSA) is 60.9 Å². The number of Topliss-reactive ketones (excluding diaryl/α,β-unsaturated/α-hetero) is 1. The van der Waals surface area contributed by atoms with Gasteiger partial charge in [0, 0.05) is 12.5 Å². The highest BCUT2D eigenvalue weighted by atomic mass is 79.9. The smallest absolute Gasteiger partial charge is 0.185 e. The molecule has 4 nitrogen and oxygen atoms in total. The summed E-state index contributed by atoms with van der Waals surface area (Å²) in [6.45, 7) is 3.48. The summed E-state index contributed by atoms with van der Waals surface area (Å²) in [5.41, 5.74) is 6.56. The van der Waals surface area contributed by atoms with Gasteiger partial charge < -0.3 is 5.73 Å². The van der Waals surface area contributed by atoms with Gasteiger partial charge in [-0.2, -0.15) is 5.10 Å². The number of hydrogen-bond acceptors (Lipinski definition) is 3. The zero-order chi connectivity index (χ0) is 13.8. The number of rotatable bonds is 5. The molecule has 1 aromatic rings. The molecule has 106 valence electrons. The van der Waals surface area contributed by atoms with E-state index in [4.69, 9.17) is 5.73 Å². The van der Waals surface area contributed by atoms with Crippen LogP contribution in [-0.4, -0.2) is 22.1 Å². The van der Waals surface area contributed by atoms with Crippen LogP contribution in [0.2, 0.25) is 0 Å². The molecule has 2 N–H and O–H groups in total. The lowest BCUT2D eigenvalue weighted by Crippen LogP contribution is -2.33. The molecule has 19 heavy (non-hydrogen) atoms. The fourth-order valence-corrected chi connectivity index (χ4v) is 3.49. The SMILES string of the molecule is CCCn1ncc(Br)c1C(=O)C1CCCCC1CN. The number of ketones is 1. The normalized spacial score (nSPS) is 23.5. The maximum atomic E-state index is 12.8. The van der Waals surface area contributed by atoms with Crippen LogP contribution in [0.1, 0.15) is 49.5 Å². The summed E-state index contributed by atoms with van der Waals surface area (Å²) in [6.07, 6.45) is 7.06. The van der Waals surface area contributed by atoms with E-state index in [1.165, 1.54) is 6.42 Å². The third-order valence-electron chi connectivity index (χ3n) is 4.01. The first-order valence-electron chi connectivity index (χ1n) is 7.14. The molecule has 1 aliphatic rings. The van der Waals surface area contributed by atoms with Crippen molar-refractivity contribution in [3.8, 4) is 0 Å². The Morgan fingerprint density at radius 2 is 2.26 bits per heavy atom. The van der Waals surface area contributed by atoms with E-state index < -0.39 is 0 Å². The minimum absolute atomic E-state index is 0.0716. The van der Waals surface area contributed by atoms with Crippen LogP contribution in [0.4, 0.5) is 0 Å². The molecule has 1 saturated carbocycles. The van der Waals surface area contributed by atoms with Crippen LogP contribution in [0.25, 0.3) is 0 Å². The van der Waals surface area contributed by atoms with E-state index in [9.17, 15) is 4.79 Å². The van der Waals surface area contributed by atoms with Crippen LogP contribution < -0.4 is 5.73 Å². The number of carbonyl (C=O) groups excluding carboxylic acids is 1. The van der Waals surface area contributed by atoms with Gasteiger partial charge in [0.2, 0.25) is 0 Å². The fraction of sp³-hybridized carbons (Fsp3) is 0.714. The number of carbonyl (C=O) groups is 1. The van der Waals surface area contributed by atoms with E-state index in [1.54, 1.807) is 6.20 Å². The molecule has 1 fully saturated rings. The molecule has 0 bridgehead atoms. The number of nitrogens with zero attached hydrogens (tertiary/aromatic N) is 2. The van der Waals surface area contributed by atoms with Crippen LogP contribution in [0.5, 0.6) is 0 Å². The molecule has 1 heterocycles. The minimum atomic E-state index is 0.0716. The first kappa shape index (κ1) is 14.7. The Balaban J connectivity index is 2.24. The van der Waals surface area contributed by atoms with E-state index in [2.05, 4.69) is 28.0 Å². The van der Waals surface area contributed by atoms with Gasteiger partial charge in [0.05, 0.1) is 10.7 Å². The Labute approximate surface area is 122 Å². The largest absolute Gasteiger partial charge is 0.330 e. The van der Waals surface area contributed by atoms with Gasteiger partial charge in [0.25, 0.3) is 0 Å². The molecule has 0 saturated heterocycles. The van der Waals surface area contributed by atoms with Gasteiger partial charge >= 0.3 is 0 Å². The van der Waals surface area contributed by atoms with E-state index in [0.29, 0.717) is 12.5 Å². The summed E-state index contributed by atoms with van der Waals surface area (Å²) >= 11 is 3.46. The van der Waals surface area contributed by atoms with Crippen molar-refractivity contribution < 1.29 is 4.79 Å². The van der Waals surface area contributed by atoms with Crippen molar-refractivity contribution in [1.29, 1.82) is 0 Å². The van der Waals surface area contributed by atoms with Gasteiger partial charge in [-0.1, -0.05) is 19.8 Å². The van der Waals surface area contributed by atoms with Crippen molar-refractivity contribution in [2.45, 2.75) is 45.6 Å². The van der Waals surface area contributed by atoms with Crippen LogP contribution in [0, 0.1) is 11.8 Å². The molecule has 0 spiro atoms. The molecule has 2 rings (SSSR count). The monoisotopic (exact) mass is 327 g/mol. The molecule has 5 heteroatoms. The van der Waals surface area contributed by atoms with Crippen molar-refractivity contribution >= 4 is 21.7 Å². The first-order chi connectivity index (χ1) is 9.19. The minimum Gasteiger partial charge on any atom is -0.330 e. The van der Waals surface area contributed by atoms with Gasteiger partial charge in [-0.05, 0) is 47.7 Å². The Kier molecular flexibility index (Phi) is 5.16. The molecular weight excluding hydrogens is 306 g/mol. The predicted molar refractivity (Wildman–Crippen MR) is 79.1 cm³/mol. The van der Waals surface area contributed by atoms with Gasteiger partial charge in [0.1, 0.15) is 5.69 Å². The number of hydrogen-bond donors (Lipinski definition) is 1. The maximum absolute atomic E-state index is 12.8. The maximum Gasteiger partial charge on any atom is 0.185 e. The van der Waals surface area contributed by atoms with Gasteiger partial charge in [-0.25, -0.2) is 0 Å². The summed E-state index contributed by atoms with van der Waals surface area (Å²) in [4.78, 5) is 12.8. The Hall–Kier alpha value is -0.680. The second kappa shape index (κ2) is 6.66. The summed E-state index contributed by atoms with van der Waals surface area (Å²) in [6, 6.07) is 0. The summed E-state index contributed by atoms with van der Waals surface area (Å²) in [5.74, 6) is 0.619. The first-order valence-corrected chi connectivity index (χ1v) is 7.93. The second-order valence-corrected chi connectivity index (χ2v) is 6.17. The third-order valence-corrected chi connectivity index (χ3v) is 4.59. The second-order valence-electron chi connectivity index (χ2n) is 5.32. The van der Waals surface area contributed by atoms with Gasteiger partial charge in [-0.3, -0.25) is 9.48 Å². The molecule has 0 radical (unpaired) electrons. The van der Waals surface area contributed by atoms with E-state index in [1.807, 2.05) is 4.68 Å². The molecule has 0 amide bonds. The highest BCUT2D eigenvalue weighted by Gasteiger charge is 2.33. The van der Waals surface area contributed by atoms with Gasteiger partial charge in [0.15, 0.2) is 5.78 Å². The van der Waals surface area contributed by atoms with E-state index in [-0.39, 0.29) is 11.7 Å². The molecule has 1 aliphatic carbocycles. The molecule has 0 aromatic carbocycles. The van der Waals surface area contributed by atoms with Crippen LogP contribution >= 0.6 is 15.9 Å². The number of aromatic nitrogens is 2. The Morgan fingerprint density at radius 1 is 1.53 bits per heavy atom. The average Bonchev–Trinajstić information content (AvgIpc) is 2.79. The van der Waals surface area contributed by atoms with Crippen LogP contribution in [-0.2, 0) is 6.54 Å². The van der Waals surface area contributed by atoms with Crippen molar-refractivity contribution in [3.63, 3.8) is 0 Å². The van der Waals surface area contributed by atoms with Crippen molar-refractivity contribution in [2.75, 3.05) is 6.54 Å². The highest BCUT2D eigenvalue weighted by Crippen LogP contribution is 2.33. The van der Waals surface area contributed by atoms with Gasteiger partial charge in [-0.15, -0.1) is 0 Å². The number of aryl methyl sites for hydroxylation is 1. The summed E-state index contributed by atoms with van der Waals surface area (Å²) in [5, 5.41) is 4.29. The Morgan fingerprint density at radius 3 is 2.95 bits per heavy atom. The zero-order valence-corrected chi connectivity index (χ0v) is 13.0. The van der Waals surface area contributed by atoms with Crippen LogP contribution in [0.3, 0.4) is 0 Å². The molecule has 1 aromatic heterocycles. The molecular formula is C14H22BrN3O. The zero-order valence-electron chi connectivity index (χ0n) is 11.4.